The van der Waals surface area contributed by atoms with E-state index in [9.17, 15) is 29.1 Å². The van der Waals surface area contributed by atoms with E-state index in [4.69, 9.17) is 11.5 Å². The summed E-state index contributed by atoms with van der Waals surface area (Å²) in [5, 5.41) is 29.8. The number of aliphatic imine (C=N–C) groups is 1. The van der Waals surface area contributed by atoms with Gasteiger partial charge in [-0.25, -0.2) is 4.79 Å². The zero-order valence-corrected chi connectivity index (χ0v) is 35.1. The number of anilines is 1. The second kappa shape index (κ2) is 26.1. The lowest BCUT2D eigenvalue weighted by Gasteiger charge is -2.29. The van der Waals surface area contributed by atoms with E-state index in [2.05, 4.69) is 59.2 Å². The highest BCUT2D eigenvalue weighted by molar-refractivity contribution is 5.95. The van der Waals surface area contributed by atoms with E-state index in [0.29, 0.717) is 58.4 Å². The minimum atomic E-state index is -0.944. The van der Waals surface area contributed by atoms with Gasteiger partial charge in [0.05, 0.1) is 0 Å². The van der Waals surface area contributed by atoms with E-state index in [0.717, 1.165) is 47.2 Å². The molecular formula is C44H63N11O6. The first-order valence-corrected chi connectivity index (χ1v) is 21.1. The van der Waals surface area contributed by atoms with Crippen molar-refractivity contribution < 1.29 is 29.1 Å². The Kier molecular flexibility index (Phi) is 20.3. The number of phenols is 1. The lowest BCUT2D eigenvalue weighted by atomic mass is 10.0. The number of urea groups is 1. The molecule has 0 aliphatic carbocycles. The quantitative estimate of drug-likeness (QED) is 0.0339. The molecule has 0 saturated heterocycles. The molecule has 330 valence electrons. The van der Waals surface area contributed by atoms with E-state index in [1.165, 1.54) is 12.1 Å². The number of hydrogen-bond acceptors (Lipinski definition) is 10. The second-order valence-corrected chi connectivity index (χ2v) is 14.9. The van der Waals surface area contributed by atoms with Gasteiger partial charge in [0.2, 0.25) is 23.6 Å². The van der Waals surface area contributed by atoms with Gasteiger partial charge >= 0.3 is 6.03 Å². The first-order chi connectivity index (χ1) is 29.6. The van der Waals surface area contributed by atoms with Crippen LogP contribution in [0.25, 0.3) is 0 Å². The highest BCUT2D eigenvalue weighted by Crippen LogP contribution is 2.33. The summed E-state index contributed by atoms with van der Waals surface area (Å²) < 4.78 is 0. The SMILES string of the molecule is CCC(=O)NCCNC(=O)NC(N)=NCCC[C@@H](NC(=O)[C@H](c1cccc(NCCCNC(=O)CCCCCN)c1)N1Cc2ccccc2C1)C(=O)NCc1ccc(O)cc1. The topological polar surface area (TPSA) is 257 Å². The van der Waals surface area contributed by atoms with Gasteiger partial charge in [0.1, 0.15) is 17.8 Å². The second-order valence-electron chi connectivity index (χ2n) is 14.9. The van der Waals surface area contributed by atoms with Crippen LogP contribution in [0.15, 0.2) is 77.8 Å². The summed E-state index contributed by atoms with van der Waals surface area (Å²) >= 11 is 0. The zero-order valence-electron chi connectivity index (χ0n) is 35.1. The number of unbranched alkanes of at least 4 members (excludes halogenated alkanes) is 2. The predicted octanol–water partition coefficient (Wildman–Crippen LogP) is 2.61. The molecular weight excluding hydrogens is 779 g/mol. The number of rotatable bonds is 25. The molecule has 0 aromatic heterocycles. The van der Waals surface area contributed by atoms with Crippen molar-refractivity contribution in [3.05, 3.63) is 95.1 Å². The van der Waals surface area contributed by atoms with Crippen LogP contribution in [-0.2, 0) is 38.8 Å². The van der Waals surface area contributed by atoms with E-state index in [1.807, 2.05) is 36.4 Å². The molecule has 1 aliphatic rings. The lowest BCUT2D eigenvalue weighted by molar-refractivity contribution is -0.132. The van der Waals surface area contributed by atoms with Crippen molar-refractivity contribution in [3.8, 4) is 5.75 Å². The Morgan fingerprint density at radius 1 is 0.770 bits per heavy atom. The van der Waals surface area contributed by atoms with Crippen molar-refractivity contribution in [2.24, 2.45) is 16.5 Å². The van der Waals surface area contributed by atoms with Crippen LogP contribution in [0.1, 0.15) is 86.6 Å². The van der Waals surface area contributed by atoms with Gasteiger partial charge in [-0.15, -0.1) is 0 Å². The maximum Gasteiger partial charge on any atom is 0.321 e. The summed E-state index contributed by atoms with van der Waals surface area (Å²) in [4.78, 5) is 70.5. The minimum Gasteiger partial charge on any atom is -0.508 e. The van der Waals surface area contributed by atoms with Crippen LogP contribution in [0, 0.1) is 0 Å². The maximum absolute atomic E-state index is 14.6. The van der Waals surface area contributed by atoms with Crippen molar-refractivity contribution in [2.75, 3.05) is 44.6 Å². The number of benzene rings is 3. The van der Waals surface area contributed by atoms with E-state index >= 15 is 0 Å². The molecule has 0 saturated carbocycles. The molecule has 0 radical (unpaired) electrons. The summed E-state index contributed by atoms with van der Waals surface area (Å²) in [6, 6.07) is 20.0. The predicted molar refractivity (Wildman–Crippen MR) is 236 cm³/mol. The Balaban J connectivity index is 1.43. The standard InChI is InChI=1S/C44H63N11O6/c1-2-38(57)49-25-26-51-44(61)54-43(46)50-22-9-15-37(41(59)52-28-31-17-19-36(56)20-18-31)53-42(60)40(55-29-33-11-5-6-12-34(33)30-55)32-13-8-14-35(27-32)47-23-10-24-48-39(58)16-4-3-7-21-45/h5-6,8,11-14,17-20,27,37,40,47,56H,2-4,7,9-10,15-16,21-26,28-30,45H2,1H3,(H,48,58)(H,49,57)(H,52,59)(H,53,60)(H4,46,50,51,54,61)/t37-,40+/m1/s1. The van der Waals surface area contributed by atoms with E-state index in [1.54, 1.807) is 19.1 Å². The summed E-state index contributed by atoms with van der Waals surface area (Å²) in [6.07, 6.45) is 4.79. The average Bonchev–Trinajstić information content (AvgIpc) is 3.68. The molecule has 0 bridgehead atoms. The number of carbonyl (C=O) groups is 5. The van der Waals surface area contributed by atoms with Crippen LogP contribution in [0.3, 0.4) is 0 Å². The number of nitrogens with one attached hydrogen (secondary N) is 7. The number of nitrogens with zero attached hydrogens (tertiary/aromatic N) is 2. The van der Waals surface area contributed by atoms with Gasteiger partial charge in [0.15, 0.2) is 5.96 Å². The molecule has 17 nitrogen and oxygen atoms in total. The van der Waals surface area contributed by atoms with Crippen LogP contribution in [-0.4, -0.2) is 90.9 Å². The highest BCUT2D eigenvalue weighted by atomic mass is 16.3. The Bertz CT molecular complexity index is 1880. The summed E-state index contributed by atoms with van der Waals surface area (Å²) in [5.74, 6) is -0.841. The molecule has 4 rings (SSSR count). The fourth-order valence-corrected chi connectivity index (χ4v) is 6.78. The fourth-order valence-electron chi connectivity index (χ4n) is 6.78. The Hall–Kier alpha value is -6.20. The number of guanidine groups is 1. The van der Waals surface area contributed by atoms with E-state index in [-0.39, 0.29) is 62.0 Å². The van der Waals surface area contributed by atoms with Gasteiger partial charge in [-0.05, 0) is 85.2 Å². The van der Waals surface area contributed by atoms with Crippen molar-refractivity contribution in [1.29, 1.82) is 0 Å². The molecule has 0 fully saturated rings. The van der Waals surface area contributed by atoms with Gasteiger partial charge in [-0.2, -0.15) is 0 Å². The molecule has 0 spiro atoms. The van der Waals surface area contributed by atoms with E-state index < -0.39 is 24.0 Å². The first-order valence-electron chi connectivity index (χ1n) is 21.1. The third-order valence-electron chi connectivity index (χ3n) is 10.1. The Morgan fingerprint density at radius 3 is 2.21 bits per heavy atom. The summed E-state index contributed by atoms with van der Waals surface area (Å²) in [5.41, 5.74) is 16.1. The number of nitrogens with two attached hydrogens (primary N) is 2. The van der Waals surface area contributed by atoms with Crippen molar-refractivity contribution in [3.63, 3.8) is 0 Å². The number of phenolic OH excluding ortho intramolecular Hbond substituents is 1. The number of aromatic hydroxyl groups is 1. The van der Waals surface area contributed by atoms with Gasteiger partial charge in [0, 0.05) is 70.9 Å². The number of amides is 6. The third kappa shape index (κ3) is 17.1. The third-order valence-corrected chi connectivity index (χ3v) is 10.1. The smallest absolute Gasteiger partial charge is 0.321 e. The number of hydrogen-bond donors (Lipinski definition) is 10. The fraction of sp³-hybridized carbons (Fsp3) is 0.455. The summed E-state index contributed by atoms with van der Waals surface area (Å²) in [6.45, 7) is 5.40. The van der Waals surface area contributed by atoms with Gasteiger partial charge in [-0.1, -0.05) is 61.9 Å². The minimum absolute atomic E-state index is 0.0350. The van der Waals surface area contributed by atoms with Crippen LogP contribution in [0.2, 0.25) is 0 Å². The lowest BCUT2D eigenvalue weighted by Crippen LogP contribution is -2.50. The van der Waals surface area contributed by atoms with Gasteiger partial charge in [0.25, 0.3) is 0 Å². The van der Waals surface area contributed by atoms with Crippen molar-refractivity contribution in [2.45, 2.75) is 90.0 Å². The van der Waals surface area contributed by atoms with Crippen LogP contribution in [0.5, 0.6) is 5.75 Å². The van der Waals surface area contributed by atoms with Crippen LogP contribution >= 0.6 is 0 Å². The normalized spacial score (nSPS) is 13.3. The molecule has 61 heavy (non-hydrogen) atoms. The molecule has 1 aliphatic heterocycles. The molecule has 17 heteroatoms. The number of carbonyl (C=O) groups excluding carboxylic acids is 5. The van der Waals surface area contributed by atoms with Crippen LogP contribution in [0.4, 0.5) is 10.5 Å². The Morgan fingerprint density at radius 2 is 1.49 bits per heavy atom. The zero-order chi connectivity index (χ0) is 43.8. The maximum atomic E-state index is 14.6. The molecule has 12 N–H and O–H groups in total. The number of fused-ring (bicyclic) bond motifs is 1. The van der Waals surface area contributed by atoms with Gasteiger partial charge in [-0.3, -0.25) is 34.4 Å². The molecule has 3 aromatic rings. The van der Waals surface area contributed by atoms with Gasteiger partial charge < -0.3 is 48.5 Å². The van der Waals surface area contributed by atoms with Crippen molar-refractivity contribution in [1.82, 2.24) is 36.8 Å². The highest BCUT2D eigenvalue weighted by Gasteiger charge is 2.34. The van der Waals surface area contributed by atoms with Crippen LogP contribution < -0.4 is 48.7 Å². The molecule has 6 amide bonds. The average molecular weight is 842 g/mol. The summed E-state index contributed by atoms with van der Waals surface area (Å²) in [7, 11) is 0. The molecule has 0 unspecified atom stereocenters. The molecule has 2 atom stereocenters. The van der Waals surface area contributed by atoms with Crippen molar-refractivity contribution >= 4 is 41.3 Å². The molecule has 1 heterocycles. The first kappa shape index (κ1) is 47.5. The monoisotopic (exact) mass is 841 g/mol. The molecule has 3 aromatic carbocycles. The largest absolute Gasteiger partial charge is 0.508 e. The Labute approximate surface area is 358 Å².